The first-order valence-corrected chi connectivity index (χ1v) is 10.2. The van der Waals surface area contributed by atoms with Crippen molar-refractivity contribution in [3.63, 3.8) is 0 Å². The predicted molar refractivity (Wildman–Crippen MR) is 120 cm³/mol. The molecule has 0 aliphatic carbocycles. The van der Waals surface area contributed by atoms with Crippen LogP contribution in [0.15, 0.2) is 71.3 Å². The topological polar surface area (TPSA) is 69.3 Å². The number of carbonyl (C=O) groups excluding carboxylic acids is 1. The zero-order valence-corrected chi connectivity index (χ0v) is 18.0. The summed E-state index contributed by atoms with van der Waals surface area (Å²) in [6, 6.07) is 18.6. The fourth-order valence-corrected chi connectivity index (χ4v) is 3.48. The van der Waals surface area contributed by atoms with Crippen molar-refractivity contribution in [3.05, 3.63) is 100 Å². The highest BCUT2D eigenvalue weighted by molar-refractivity contribution is 6.30. The van der Waals surface area contributed by atoms with Crippen LogP contribution in [0.3, 0.4) is 0 Å². The zero-order chi connectivity index (χ0) is 21.8. The third-order valence-corrected chi connectivity index (χ3v) is 5.00. The number of ether oxygens (including phenoxy) is 1. The lowest BCUT2D eigenvalue weighted by Gasteiger charge is -2.10. The maximum atomic E-state index is 12.5. The van der Waals surface area contributed by atoms with Gasteiger partial charge in [-0.2, -0.15) is 5.10 Å². The quantitative estimate of drug-likeness (QED) is 0.408. The number of aryl methyl sites for hydroxylation is 2. The van der Waals surface area contributed by atoms with Gasteiger partial charge in [0.05, 0.1) is 6.54 Å². The van der Waals surface area contributed by atoms with Gasteiger partial charge in [0, 0.05) is 17.3 Å². The Bertz CT molecular complexity index is 1190. The van der Waals surface area contributed by atoms with Gasteiger partial charge in [0.2, 0.25) is 0 Å². The Morgan fingerprint density at radius 3 is 2.65 bits per heavy atom. The molecule has 0 aliphatic rings. The van der Waals surface area contributed by atoms with E-state index < -0.39 is 0 Å². The third-order valence-electron chi connectivity index (χ3n) is 4.77. The van der Waals surface area contributed by atoms with Gasteiger partial charge in [-0.3, -0.25) is 9.48 Å². The van der Waals surface area contributed by atoms with Crippen LogP contribution in [0.4, 0.5) is 5.82 Å². The van der Waals surface area contributed by atoms with Gasteiger partial charge >= 0.3 is 0 Å². The van der Waals surface area contributed by atoms with Crippen molar-refractivity contribution in [2.75, 3.05) is 5.32 Å². The smallest absolute Gasteiger partial charge is 0.292 e. The first-order valence-electron chi connectivity index (χ1n) is 9.85. The second kappa shape index (κ2) is 9.10. The number of halogens is 1. The van der Waals surface area contributed by atoms with Crippen LogP contribution in [0, 0.1) is 13.8 Å². The molecular weight excluding hydrogens is 414 g/mol. The van der Waals surface area contributed by atoms with Gasteiger partial charge in [-0.25, -0.2) is 0 Å². The summed E-state index contributed by atoms with van der Waals surface area (Å²) in [6.07, 6.45) is 1.79. The fraction of sp³-hybridized carbons (Fsp3) is 0.167. The monoisotopic (exact) mass is 435 g/mol. The minimum atomic E-state index is -0.369. The van der Waals surface area contributed by atoms with Crippen LogP contribution in [-0.4, -0.2) is 15.7 Å². The van der Waals surface area contributed by atoms with Crippen molar-refractivity contribution in [1.82, 2.24) is 9.78 Å². The van der Waals surface area contributed by atoms with Crippen LogP contribution >= 0.6 is 11.6 Å². The summed E-state index contributed by atoms with van der Waals surface area (Å²) in [5.41, 5.74) is 3.13. The first-order chi connectivity index (χ1) is 15.0. The molecule has 0 fully saturated rings. The van der Waals surface area contributed by atoms with Gasteiger partial charge < -0.3 is 14.5 Å². The molecule has 2 aromatic heterocycles. The molecule has 7 heteroatoms. The molecule has 4 aromatic rings. The Morgan fingerprint density at radius 2 is 1.87 bits per heavy atom. The fourth-order valence-electron chi connectivity index (χ4n) is 3.26. The molecule has 0 bridgehead atoms. The highest BCUT2D eigenvalue weighted by atomic mass is 35.5. The van der Waals surface area contributed by atoms with Crippen molar-refractivity contribution in [1.29, 1.82) is 0 Å². The molecule has 158 valence electrons. The Hall–Kier alpha value is -3.51. The standard InChI is InChI=1S/C24H22ClN3O3/c1-16-5-3-6-17(2)23(16)30-15-20-9-10-21(31-20)24(29)26-22-11-12-28(27-22)14-18-7-4-8-19(25)13-18/h3-13H,14-15H2,1-2H3,(H,26,27,29). The number of hydrogen-bond donors (Lipinski definition) is 1. The highest BCUT2D eigenvalue weighted by Gasteiger charge is 2.14. The van der Waals surface area contributed by atoms with E-state index in [0.29, 0.717) is 23.1 Å². The first kappa shape index (κ1) is 20.8. The van der Waals surface area contributed by atoms with Crippen molar-refractivity contribution in [2.45, 2.75) is 27.0 Å². The van der Waals surface area contributed by atoms with Crippen LogP contribution in [0.25, 0.3) is 0 Å². The Balaban J connectivity index is 1.35. The van der Waals surface area contributed by atoms with Gasteiger partial charge in [0.25, 0.3) is 5.91 Å². The number of rotatable bonds is 7. The summed E-state index contributed by atoms with van der Waals surface area (Å²) in [4.78, 5) is 12.5. The van der Waals surface area contributed by atoms with E-state index in [4.69, 9.17) is 20.8 Å². The van der Waals surface area contributed by atoms with E-state index in [-0.39, 0.29) is 18.3 Å². The second-order valence-electron chi connectivity index (χ2n) is 7.26. The number of carbonyl (C=O) groups is 1. The van der Waals surface area contributed by atoms with Gasteiger partial charge in [0.15, 0.2) is 11.6 Å². The van der Waals surface area contributed by atoms with E-state index in [9.17, 15) is 4.79 Å². The van der Waals surface area contributed by atoms with E-state index in [1.807, 2.05) is 56.3 Å². The third kappa shape index (κ3) is 5.16. The Kier molecular flexibility index (Phi) is 6.09. The maximum absolute atomic E-state index is 12.5. The van der Waals surface area contributed by atoms with Crippen molar-refractivity contribution >= 4 is 23.3 Å². The molecule has 0 atom stereocenters. The molecule has 0 unspecified atom stereocenters. The largest absolute Gasteiger partial charge is 0.485 e. The molecule has 1 amide bonds. The van der Waals surface area contributed by atoms with E-state index in [1.54, 1.807) is 29.1 Å². The molecular formula is C24H22ClN3O3. The van der Waals surface area contributed by atoms with Gasteiger partial charge in [-0.05, 0) is 54.8 Å². The number of aromatic nitrogens is 2. The number of benzene rings is 2. The van der Waals surface area contributed by atoms with Crippen LogP contribution in [0.2, 0.25) is 5.02 Å². The molecule has 0 aliphatic heterocycles. The second-order valence-corrected chi connectivity index (χ2v) is 7.69. The van der Waals surface area contributed by atoms with E-state index in [1.165, 1.54) is 0 Å². The van der Waals surface area contributed by atoms with Crippen LogP contribution in [-0.2, 0) is 13.2 Å². The predicted octanol–water partition coefficient (Wildman–Crippen LogP) is 5.63. The SMILES string of the molecule is Cc1cccc(C)c1OCc1ccc(C(=O)Nc2ccn(Cc3cccc(Cl)c3)n2)o1. The lowest BCUT2D eigenvalue weighted by molar-refractivity contribution is 0.0992. The molecule has 2 aromatic carbocycles. The van der Waals surface area contributed by atoms with Crippen molar-refractivity contribution in [2.24, 2.45) is 0 Å². The summed E-state index contributed by atoms with van der Waals surface area (Å²) in [5, 5.41) is 7.80. The normalized spacial score (nSPS) is 10.8. The summed E-state index contributed by atoms with van der Waals surface area (Å²) >= 11 is 6.02. The van der Waals surface area contributed by atoms with Crippen LogP contribution in [0.5, 0.6) is 5.75 Å². The Morgan fingerprint density at radius 1 is 1.10 bits per heavy atom. The lowest BCUT2D eigenvalue weighted by Crippen LogP contribution is -2.12. The van der Waals surface area contributed by atoms with Crippen molar-refractivity contribution < 1.29 is 13.9 Å². The minimum Gasteiger partial charge on any atom is -0.485 e. The number of nitrogens with zero attached hydrogens (tertiary/aromatic N) is 2. The number of amides is 1. The van der Waals surface area contributed by atoms with E-state index >= 15 is 0 Å². The molecule has 6 nitrogen and oxygen atoms in total. The molecule has 0 saturated carbocycles. The average molecular weight is 436 g/mol. The summed E-state index contributed by atoms with van der Waals surface area (Å²) in [7, 11) is 0. The number of para-hydroxylation sites is 1. The summed E-state index contributed by atoms with van der Waals surface area (Å²) < 4.78 is 13.3. The lowest BCUT2D eigenvalue weighted by atomic mass is 10.1. The number of hydrogen-bond acceptors (Lipinski definition) is 4. The zero-order valence-electron chi connectivity index (χ0n) is 17.3. The summed E-state index contributed by atoms with van der Waals surface area (Å²) in [5.74, 6) is 1.67. The Labute approximate surface area is 185 Å². The molecule has 0 saturated heterocycles. The minimum absolute atomic E-state index is 0.199. The van der Waals surface area contributed by atoms with Crippen LogP contribution < -0.4 is 10.1 Å². The molecule has 31 heavy (non-hydrogen) atoms. The molecule has 1 N–H and O–H groups in total. The maximum Gasteiger partial charge on any atom is 0.292 e. The molecule has 0 spiro atoms. The molecule has 0 radical (unpaired) electrons. The van der Waals surface area contributed by atoms with Crippen molar-refractivity contribution in [3.8, 4) is 5.75 Å². The highest BCUT2D eigenvalue weighted by Crippen LogP contribution is 2.24. The number of furan rings is 1. The number of nitrogens with one attached hydrogen (secondary N) is 1. The van der Waals surface area contributed by atoms with E-state index in [2.05, 4.69) is 10.4 Å². The average Bonchev–Trinajstić information content (AvgIpc) is 3.37. The summed E-state index contributed by atoms with van der Waals surface area (Å²) in [6.45, 7) is 4.79. The molecule has 2 heterocycles. The van der Waals surface area contributed by atoms with Gasteiger partial charge in [0.1, 0.15) is 18.1 Å². The number of anilines is 1. The van der Waals surface area contributed by atoms with Gasteiger partial charge in [-0.15, -0.1) is 0 Å². The molecule has 4 rings (SSSR count). The van der Waals surface area contributed by atoms with Gasteiger partial charge in [-0.1, -0.05) is 41.9 Å². The van der Waals surface area contributed by atoms with Crippen LogP contribution in [0.1, 0.15) is 33.0 Å². The van der Waals surface area contributed by atoms with E-state index in [0.717, 1.165) is 22.4 Å².